The summed E-state index contributed by atoms with van der Waals surface area (Å²) in [6, 6.07) is 2.03. The van der Waals surface area contributed by atoms with E-state index in [1.165, 1.54) is 4.90 Å². The van der Waals surface area contributed by atoms with Crippen LogP contribution in [0.1, 0.15) is 76.5 Å². The molecule has 1 saturated carbocycles. The molecule has 254 valence electrons. The van der Waals surface area contributed by atoms with Crippen molar-refractivity contribution in [2.24, 2.45) is 11.8 Å². The average molecular weight is 651 g/mol. The largest absolute Gasteiger partial charge is 0.481 e. The Labute approximate surface area is 274 Å². The Kier molecular flexibility index (Phi) is 10.5. The summed E-state index contributed by atoms with van der Waals surface area (Å²) in [5, 5.41) is 21.8. The molecular formula is C34H46N6O7. The lowest BCUT2D eigenvalue weighted by atomic mass is 9.95. The molecule has 1 aromatic heterocycles. The van der Waals surface area contributed by atoms with Gasteiger partial charge >= 0.3 is 5.97 Å². The molecule has 3 heterocycles. The van der Waals surface area contributed by atoms with Crippen LogP contribution in [0, 0.1) is 18.8 Å². The van der Waals surface area contributed by atoms with Crippen LogP contribution in [-0.4, -0.2) is 87.2 Å². The molecule has 2 aromatic rings. The number of aliphatic carboxylic acids is 1. The number of hydrogen-bond acceptors (Lipinski definition) is 6. The van der Waals surface area contributed by atoms with E-state index in [0.717, 1.165) is 47.8 Å². The van der Waals surface area contributed by atoms with Gasteiger partial charge < -0.3 is 36.3 Å². The van der Waals surface area contributed by atoms with Crippen molar-refractivity contribution in [2.75, 3.05) is 6.54 Å². The molecule has 0 spiro atoms. The first kappa shape index (κ1) is 33.9. The van der Waals surface area contributed by atoms with Gasteiger partial charge in [0.2, 0.25) is 29.5 Å². The van der Waals surface area contributed by atoms with Crippen molar-refractivity contribution in [1.29, 1.82) is 0 Å². The predicted octanol–water partition coefficient (Wildman–Crippen LogP) is 1.67. The number of aromatic nitrogens is 1. The monoisotopic (exact) mass is 650 g/mol. The number of rotatable bonds is 7. The number of nitrogens with zero attached hydrogens (tertiary/aromatic N) is 1. The van der Waals surface area contributed by atoms with Crippen LogP contribution in [0.5, 0.6) is 0 Å². The van der Waals surface area contributed by atoms with Gasteiger partial charge in [-0.25, -0.2) is 0 Å². The third-order valence-electron chi connectivity index (χ3n) is 9.69. The molecule has 3 fully saturated rings. The van der Waals surface area contributed by atoms with Crippen molar-refractivity contribution in [1.82, 2.24) is 31.2 Å². The minimum atomic E-state index is -1.47. The van der Waals surface area contributed by atoms with Gasteiger partial charge in [0.25, 0.3) is 0 Å². The summed E-state index contributed by atoms with van der Waals surface area (Å²) < 4.78 is 0. The van der Waals surface area contributed by atoms with E-state index in [2.05, 4.69) is 26.3 Å². The highest BCUT2D eigenvalue weighted by Gasteiger charge is 2.42. The number of aromatic amines is 1. The van der Waals surface area contributed by atoms with Crippen LogP contribution in [0.4, 0.5) is 0 Å². The number of carbonyl (C=O) groups is 6. The Balaban J connectivity index is 1.56. The van der Waals surface area contributed by atoms with Crippen LogP contribution in [0.15, 0.2) is 24.3 Å². The Bertz CT molecular complexity index is 1530. The molecule has 0 unspecified atom stereocenters. The molecule has 2 saturated heterocycles. The summed E-state index contributed by atoms with van der Waals surface area (Å²) in [4.78, 5) is 86.0. The van der Waals surface area contributed by atoms with Crippen LogP contribution in [0.3, 0.4) is 0 Å². The smallest absolute Gasteiger partial charge is 0.305 e. The second-order valence-corrected chi connectivity index (χ2v) is 13.6. The maximum absolute atomic E-state index is 14.0. The number of benzene rings is 1. The fourth-order valence-electron chi connectivity index (χ4n) is 7.34. The van der Waals surface area contributed by atoms with E-state index in [4.69, 9.17) is 0 Å². The first-order valence-electron chi connectivity index (χ1n) is 16.7. The molecule has 2 aliphatic heterocycles. The number of carboxylic acids is 1. The first-order chi connectivity index (χ1) is 22.4. The van der Waals surface area contributed by atoms with Gasteiger partial charge in [0.15, 0.2) is 0 Å². The number of nitrogens with one attached hydrogen (secondary N) is 5. The summed E-state index contributed by atoms with van der Waals surface area (Å²) in [5.41, 5.74) is 2.42. The molecule has 3 aliphatic rings. The quantitative estimate of drug-likeness (QED) is 0.263. The van der Waals surface area contributed by atoms with Gasteiger partial charge in [-0.2, -0.15) is 0 Å². The summed E-state index contributed by atoms with van der Waals surface area (Å²) in [5.74, 6) is -4.44. The van der Waals surface area contributed by atoms with Gasteiger partial charge in [-0.15, -0.1) is 0 Å². The normalized spacial score (nSPS) is 26.8. The van der Waals surface area contributed by atoms with E-state index in [1.807, 2.05) is 45.0 Å². The average Bonchev–Trinajstić information content (AvgIpc) is 3.78. The molecule has 5 amide bonds. The zero-order valence-electron chi connectivity index (χ0n) is 27.3. The number of fused-ring (bicyclic) bond motifs is 2. The van der Waals surface area contributed by atoms with Gasteiger partial charge in [0.1, 0.15) is 30.2 Å². The standard InChI is InChI=1S/C34H46N6O7/c1-18(2)15-24-30(43)36-25(16-22-19(3)35-23-12-7-6-11-21(22)23)31(44)38-26(17-28(41)42)34(47)40-14-8-13-27(40)32(45)39-29(33(46)37-24)20-9-4-5-10-20/h6-7,11-12,18,20,24-27,29,35H,4-5,8-10,13-17H2,1-3H3,(H,36,43)(H,37,46)(H,38,44)(H,39,45)(H,41,42)/t24-,25-,26+,27-,29+/m0/s1. The molecule has 47 heavy (non-hydrogen) atoms. The molecule has 0 radical (unpaired) electrons. The van der Waals surface area contributed by atoms with Crippen molar-refractivity contribution in [3.05, 3.63) is 35.5 Å². The van der Waals surface area contributed by atoms with Crippen molar-refractivity contribution >= 4 is 46.4 Å². The highest BCUT2D eigenvalue weighted by molar-refractivity contribution is 5.99. The van der Waals surface area contributed by atoms with Gasteiger partial charge in [-0.3, -0.25) is 28.8 Å². The molecule has 5 atom stereocenters. The Morgan fingerprint density at radius 3 is 2.21 bits per heavy atom. The molecular weight excluding hydrogens is 604 g/mol. The zero-order chi connectivity index (χ0) is 33.8. The molecule has 13 heteroatoms. The van der Waals surface area contributed by atoms with Crippen molar-refractivity contribution < 1.29 is 33.9 Å². The third kappa shape index (κ3) is 7.77. The lowest BCUT2D eigenvalue weighted by Crippen LogP contribution is -2.59. The maximum atomic E-state index is 14.0. The van der Waals surface area contributed by atoms with E-state index in [-0.39, 0.29) is 31.2 Å². The predicted molar refractivity (Wildman–Crippen MR) is 173 cm³/mol. The van der Waals surface area contributed by atoms with Crippen LogP contribution < -0.4 is 21.3 Å². The topological polar surface area (TPSA) is 190 Å². The fourth-order valence-corrected chi connectivity index (χ4v) is 7.34. The molecule has 1 aliphatic carbocycles. The Morgan fingerprint density at radius 1 is 0.851 bits per heavy atom. The lowest BCUT2D eigenvalue weighted by Gasteiger charge is -2.31. The first-order valence-corrected chi connectivity index (χ1v) is 16.7. The fraction of sp³-hybridized carbons (Fsp3) is 0.588. The minimum absolute atomic E-state index is 0.000379. The molecule has 5 rings (SSSR count). The summed E-state index contributed by atoms with van der Waals surface area (Å²) in [6.45, 7) is 5.90. The van der Waals surface area contributed by atoms with E-state index < -0.39 is 72.1 Å². The van der Waals surface area contributed by atoms with Crippen molar-refractivity contribution in [3.63, 3.8) is 0 Å². The molecule has 0 bridgehead atoms. The summed E-state index contributed by atoms with van der Waals surface area (Å²) >= 11 is 0. The highest BCUT2D eigenvalue weighted by atomic mass is 16.4. The summed E-state index contributed by atoms with van der Waals surface area (Å²) in [7, 11) is 0. The van der Waals surface area contributed by atoms with Crippen LogP contribution in [0.2, 0.25) is 0 Å². The number of aryl methyl sites for hydroxylation is 1. The minimum Gasteiger partial charge on any atom is -0.481 e. The Morgan fingerprint density at radius 2 is 1.51 bits per heavy atom. The Hall–Kier alpha value is -4.42. The number of H-pyrrole nitrogens is 1. The highest BCUT2D eigenvalue weighted by Crippen LogP contribution is 2.29. The van der Waals surface area contributed by atoms with E-state index in [9.17, 15) is 33.9 Å². The van der Waals surface area contributed by atoms with Gasteiger partial charge in [-0.05, 0) is 62.5 Å². The van der Waals surface area contributed by atoms with Crippen molar-refractivity contribution in [2.45, 2.75) is 109 Å². The number of hydrogen-bond donors (Lipinski definition) is 6. The van der Waals surface area contributed by atoms with Crippen LogP contribution >= 0.6 is 0 Å². The van der Waals surface area contributed by atoms with Crippen LogP contribution in [0.25, 0.3) is 10.9 Å². The van der Waals surface area contributed by atoms with Gasteiger partial charge in [-0.1, -0.05) is 44.9 Å². The SMILES string of the molecule is Cc1[nH]c2ccccc2c1C[C@@H]1NC(=O)[C@H](CC(C)C)NC(=O)[C@@H](C2CCCC2)NC(=O)[C@@H]2CCCN2C(=O)[C@@H](CC(=O)O)NC1=O. The molecule has 13 nitrogen and oxygen atoms in total. The van der Waals surface area contributed by atoms with Gasteiger partial charge in [0, 0.05) is 29.6 Å². The number of amides is 5. The lowest BCUT2D eigenvalue weighted by molar-refractivity contribution is -0.146. The molecule has 6 N–H and O–H groups in total. The summed E-state index contributed by atoms with van der Waals surface area (Å²) in [6.07, 6.45) is 3.75. The van der Waals surface area contributed by atoms with Crippen molar-refractivity contribution in [3.8, 4) is 0 Å². The van der Waals surface area contributed by atoms with E-state index in [1.54, 1.807) is 0 Å². The number of para-hydroxylation sites is 1. The second-order valence-electron chi connectivity index (χ2n) is 13.6. The second kappa shape index (κ2) is 14.6. The maximum Gasteiger partial charge on any atom is 0.305 e. The van der Waals surface area contributed by atoms with Gasteiger partial charge in [0.05, 0.1) is 6.42 Å². The number of carboxylic acid groups (broad SMARTS) is 1. The molecule has 1 aromatic carbocycles. The number of carbonyl (C=O) groups excluding carboxylic acids is 5. The zero-order valence-corrected chi connectivity index (χ0v) is 27.3. The van der Waals surface area contributed by atoms with E-state index in [0.29, 0.717) is 12.8 Å². The third-order valence-corrected chi connectivity index (χ3v) is 9.69. The van der Waals surface area contributed by atoms with E-state index >= 15 is 0 Å². The van der Waals surface area contributed by atoms with Crippen LogP contribution in [-0.2, 0) is 35.2 Å².